The average molecular weight is 136 g/mol. The lowest BCUT2D eigenvalue weighted by molar-refractivity contribution is 0.513. The Bertz CT molecular complexity index is 187. The minimum absolute atomic E-state index is 0.634. The summed E-state index contributed by atoms with van der Waals surface area (Å²) in [4.78, 5) is 0. The third-order valence-corrected chi connectivity index (χ3v) is 2.11. The van der Waals surface area contributed by atoms with Crippen molar-refractivity contribution in [2.45, 2.75) is 31.7 Å². The van der Waals surface area contributed by atoms with Crippen molar-refractivity contribution < 1.29 is 0 Å². The topological polar surface area (TPSA) is 30.7 Å². The Morgan fingerprint density at radius 3 is 2.80 bits per heavy atom. The van der Waals surface area contributed by atoms with Crippen LogP contribution in [0.2, 0.25) is 0 Å². The maximum atomic E-state index is 3.72. The highest BCUT2D eigenvalue weighted by atomic mass is 15.2. The molecule has 1 saturated carbocycles. The Hall–Kier alpha value is -0.860. The third-order valence-electron chi connectivity index (χ3n) is 2.11. The van der Waals surface area contributed by atoms with E-state index in [1.807, 2.05) is 4.57 Å². The van der Waals surface area contributed by atoms with Gasteiger partial charge in [0.2, 0.25) is 6.33 Å². The third kappa shape index (κ3) is 0.916. The van der Waals surface area contributed by atoms with Gasteiger partial charge in [-0.25, -0.2) is 0 Å². The van der Waals surface area contributed by atoms with Gasteiger partial charge in [0.05, 0.1) is 0 Å². The highest BCUT2D eigenvalue weighted by Crippen LogP contribution is 2.28. The maximum Gasteiger partial charge on any atom is 0.202 e. The van der Waals surface area contributed by atoms with Crippen LogP contribution in [-0.4, -0.2) is 14.8 Å². The molecule has 53 valence electrons. The summed E-state index contributed by atoms with van der Waals surface area (Å²) in [5.41, 5.74) is 0. The summed E-state index contributed by atoms with van der Waals surface area (Å²) in [6.07, 6.45) is 9.83. The zero-order chi connectivity index (χ0) is 6.81. The van der Waals surface area contributed by atoms with Crippen LogP contribution in [-0.2, 0) is 0 Å². The molecule has 3 heteroatoms. The SMILES string of the molecule is [c]1nncn1C1CCCC1. The van der Waals surface area contributed by atoms with Crippen molar-refractivity contribution >= 4 is 0 Å². The van der Waals surface area contributed by atoms with Gasteiger partial charge in [-0.15, -0.1) is 10.2 Å². The zero-order valence-electron chi connectivity index (χ0n) is 5.82. The van der Waals surface area contributed by atoms with Gasteiger partial charge in [-0.3, -0.25) is 0 Å². The molecular weight excluding hydrogens is 126 g/mol. The fourth-order valence-corrected chi connectivity index (χ4v) is 1.54. The standard InChI is InChI=1S/C7H10N3/c1-2-4-7(3-1)10-5-8-9-6-10/h5,7H,1-4H2. The van der Waals surface area contributed by atoms with Gasteiger partial charge < -0.3 is 4.57 Å². The van der Waals surface area contributed by atoms with E-state index < -0.39 is 0 Å². The quantitative estimate of drug-likeness (QED) is 0.580. The molecule has 0 aromatic carbocycles. The van der Waals surface area contributed by atoms with Gasteiger partial charge in [0.15, 0.2) is 0 Å². The van der Waals surface area contributed by atoms with Gasteiger partial charge in [-0.2, -0.15) is 0 Å². The Morgan fingerprint density at radius 2 is 2.20 bits per heavy atom. The largest absolute Gasteiger partial charge is 0.308 e. The van der Waals surface area contributed by atoms with Crippen molar-refractivity contribution in [2.75, 3.05) is 0 Å². The van der Waals surface area contributed by atoms with Crippen molar-refractivity contribution in [2.24, 2.45) is 0 Å². The van der Waals surface area contributed by atoms with E-state index in [2.05, 4.69) is 16.5 Å². The Morgan fingerprint density at radius 1 is 1.40 bits per heavy atom. The number of aromatic nitrogens is 3. The van der Waals surface area contributed by atoms with Gasteiger partial charge >= 0.3 is 0 Å². The van der Waals surface area contributed by atoms with Crippen molar-refractivity contribution in [3.05, 3.63) is 12.7 Å². The van der Waals surface area contributed by atoms with Crippen molar-refractivity contribution in [3.8, 4) is 0 Å². The van der Waals surface area contributed by atoms with Gasteiger partial charge in [0, 0.05) is 6.04 Å². The van der Waals surface area contributed by atoms with Crippen molar-refractivity contribution in [3.63, 3.8) is 0 Å². The lowest BCUT2D eigenvalue weighted by Crippen LogP contribution is -2.01. The van der Waals surface area contributed by atoms with Crippen LogP contribution >= 0.6 is 0 Å². The molecule has 0 saturated heterocycles. The Kier molecular flexibility index (Phi) is 1.42. The van der Waals surface area contributed by atoms with Crippen molar-refractivity contribution in [1.82, 2.24) is 14.8 Å². The molecule has 1 aromatic heterocycles. The second kappa shape index (κ2) is 2.40. The average Bonchev–Trinajstić information content (AvgIpc) is 2.59. The normalized spacial score (nSPS) is 20.0. The number of hydrogen-bond donors (Lipinski definition) is 0. The molecule has 0 N–H and O–H groups in total. The van der Waals surface area contributed by atoms with Gasteiger partial charge in [0.25, 0.3) is 0 Å². The molecule has 3 nitrogen and oxygen atoms in total. The molecule has 0 amide bonds. The Labute approximate surface area is 60.1 Å². The van der Waals surface area contributed by atoms with E-state index in [0.29, 0.717) is 6.04 Å². The molecule has 0 atom stereocenters. The predicted molar refractivity (Wildman–Crippen MR) is 36.4 cm³/mol. The first-order valence-electron chi connectivity index (χ1n) is 3.74. The van der Waals surface area contributed by atoms with Crippen LogP contribution in [0.25, 0.3) is 0 Å². The fraction of sp³-hybridized carbons (Fsp3) is 0.714. The second-order valence-corrected chi connectivity index (χ2v) is 2.78. The number of nitrogens with zero attached hydrogens (tertiary/aromatic N) is 3. The highest BCUT2D eigenvalue weighted by Gasteiger charge is 2.15. The first-order chi connectivity index (χ1) is 4.97. The van der Waals surface area contributed by atoms with Crippen LogP contribution in [0.3, 0.4) is 0 Å². The molecule has 0 aliphatic heterocycles. The molecule has 1 aliphatic rings. The summed E-state index contributed by atoms with van der Waals surface area (Å²) in [5.74, 6) is 0. The molecule has 1 aliphatic carbocycles. The van der Waals surface area contributed by atoms with E-state index in [1.54, 1.807) is 6.33 Å². The summed E-state index contributed by atoms with van der Waals surface area (Å²) in [7, 11) is 0. The molecule has 10 heavy (non-hydrogen) atoms. The molecule has 0 spiro atoms. The highest BCUT2D eigenvalue weighted by molar-refractivity contribution is 4.75. The smallest absolute Gasteiger partial charge is 0.202 e. The Balaban J connectivity index is 2.12. The lowest BCUT2D eigenvalue weighted by atomic mass is 10.2. The fourth-order valence-electron chi connectivity index (χ4n) is 1.54. The first-order valence-corrected chi connectivity index (χ1v) is 3.74. The van der Waals surface area contributed by atoms with E-state index in [0.717, 1.165) is 0 Å². The summed E-state index contributed by atoms with van der Waals surface area (Å²) < 4.78 is 1.99. The lowest BCUT2D eigenvalue weighted by Gasteiger charge is -2.06. The van der Waals surface area contributed by atoms with Gasteiger partial charge in [-0.1, -0.05) is 12.8 Å². The summed E-state index contributed by atoms with van der Waals surface area (Å²) >= 11 is 0. The summed E-state index contributed by atoms with van der Waals surface area (Å²) in [5, 5.41) is 7.38. The molecule has 2 rings (SSSR count). The van der Waals surface area contributed by atoms with E-state index in [4.69, 9.17) is 0 Å². The van der Waals surface area contributed by atoms with Crippen LogP contribution in [0, 0.1) is 6.33 Å². The monoisotopic (exact) mass is 136 g/mol. The van der Waals surface area contributed by atoms with E-state index in [9.17, 15) is 0 Å². The molecular formula is C7H10N3. The van der Waals surface area contributed by atoms with E-state index >= 15 is 0 Å². The number of rotatable bonds is 1. The number of hydrogen-bond acceptors (Lipinski definition) is 2. The van der Waals surface area contributed by atoms with Gasteiger partial charge in [0.1, 0.15) is 6.33 Å². The molecule has 1 radical (unpaired) electrons. The van der Waals surface area contributed by atoms with Crippen LogP contribution in [0.4, 0.5) is 0 Å². The maximum absolute atomic E-state index is 3.72. The van der Waals surface area contributed by atoms with Crippen LogP contribution in [0.5, 0.6) is 0 Å². The minimum Gasteiger partial charge on any atom is -0.308 e. The second-order valence-electron chi connectivity index (χ2n) is 2.78. The minimum atomic E-state index is 0.634. The first kappa shape index (κ1) is 5.89. The predicted octanol–water partition coefficient (Wildman–Crippen LogP) is 1.19. The zero-order valence-corrected chi connectivity index (χ0v) is 5.82. The molecule has 1 heterocycles. The summed E-state index contributed by atoms with van der Waals surface area (Å²) in [6.45, 7) is 0. The van der Waals surface area contributed by atoms with Gasteiger partial charge in [-0.05, 0) is 12.8 Å². The molecule has 0 bridgehead atoms. The van der Waals surface area contributed by atoms with Crippen LogP contribution < -0.4 is 0 Å². The van der Waals surface area contributed by atoms with Crippen LogP contribution in [0.15, 0.2) is 6.33 Å². The molecule has 0 unspecified atom stereocenters. The van der Waals surface area contributed by atoms with E-state index in [-0.39, 0.29) is 0 Å². The van der Waals surface area contributed by atoms with E-state index in [1.165, 1.54) is 25.7 Å². The molecule has 1 fully saturated rings. The van der Waals surface area contributed by atoms with Crippen LogP contribution in [0.1, 0.15) is 31.7 Å². The summed E-state index contributed by atoms with van der Waals surface area (Å²) in [6, 6.07) is 0.634. The van der Waals surface area contributed by atoms with Crippen molar-refractivity contribution in [1.29, 1.82) is 0 Å². The molecule has 1 aromatic rings.